The number of nitrogens with two attached hydrogens (primary N) is 1. The minimum Gasteiger partial charge on any atom is -0.386 e. The third kappa shape index (κ3) is 2.98. The molecule has 1 saturated carbocycles. The number of sulfone groups is 1. The molecule has 0 radical (unpaired) electrons. The summed E-state index contributed by atoms with van der Waals surface area (Å²) >= 11 is 0. The smallest absolute Gasteiger partial charge is 0.230 e. The maximum absolute atomic E-state index is 15.6. The van der Waals surface area contributed by atoms with Crippen LogP contribution in [0.25, 0.3) is 10.9 Å². The third-order valence-corrected chi connectivity index (χ3v) is 9.45. The summed E-state index contributed by atoms with van der Waals surface area (Å²) in [4.78, 5) is 12.8. The normalized spacial score (nSPS) is 24.8. The predicted octanol–water partition coefficient (Wildman–Crippen LogP) is 3.60. The Kier molecular flexibility index (Phi) is 4.84. The van der Waals surface area contributed by atoms with Gasteiger partial charge < -0.3 is 11.1 Å². The molecule has 0 bridgehead atoms. The van der Waals surface area contributed by atoms with E-state index < -0.39 is 31.4 Å². The zero-order valence-electron chi connectivity index (χ0n) is 18.1. The Bertz CT molecular complexity index is 1510. The summed E-state index contributed by atoms with van der Waals surface area (Å²) in [5.41, 5.74) is 2.46. The van der Waals surface area contributed by atoms with Crippen LogP contribution in [0.4, 0.5) is 20.3 Å². The number of aromatic nitrogens is 2. The van der Waals surface area contributed by atoms with Crippen LogP contribution in [0.15, 0.2) is 47.7 Å². The average Bonchev–Trinajstić information content (AvgIpc) is 2.77. The second kappa shape index (κ2) is 7.43. The molecule has 0 saturated heterocycles. The quantitative estimate of drug-likeness (QED) is 0.582. The first-order chi connectivity index (χ1) is 16.1. The Hall–Kier alpha value is -3.65. The van der Waals surface area contributed by atoms with Crippen LogP contribution in [0.3, 0.4) is 0 Å². The van der Waals surface area contributed by atoms with Gasteiger partial charge in [-0.25, -0.2) is 22.2 Å². The summed E-state index contributed by atoms with van der Waals surface area (Å²) in [5.74, 6) is -0.662. The first kappa shape index (κ1) is 22.2. The molecule has 11 heteroatoms. The molecule has 34 heavy (non-hydrogen) atoms. The SMILES string of the molecule is C[C@]1(c2cc(Nc3nccc4cc(C#N)cnc34)ccc2F)N=C(N)C2(CCC2)S(=O)(=O)C1F. The zero-order valence-corrected chi connectivity index (χ0v) is 18.9. The van der Waals surface area contributed by atoms with E-state index in [-0.39, 0.29) is 24.2 Å². The van der Waals surface area contributed by atoms with Gasteiger partial charge in [0.05, 0.1) is 5.56 Å². The van der Waals surface area contributed by atoms with Crippen LogP contribution in [-0.2, 0) is 15.4 Å². The summed E-state index contributed by atoms with van der Waals surface area (Å²) in [7, 11) is -4.35. The number of alkyl halides is 1. The summed E-state index contributed by atoms with van der Waals surface area (Å²) in [6.45, 7) is 1.23. The van der Waals surface area contributed by atoms with Gasteiger partial charge in [-0.3, -0.25) is 9.98 Å². The number of amidine groups is 1. The third-order valence-electron chi connectivity index (χ3n) is 6.74. The molecule has 2 aromatic heterocycles. The van der Waals surface area contributed by atoms with Crippen LogP contribution in [0.1, 0.15) is 37.3 Å². The monoisotopic (exact) mass is 482 g/mol. The summed E-state index contributed by atoms with van der Waals surface area (Å²) < 4.78 is 55.2. The highest BCUT2D eigenvalue weighted by Crippen LogP contribution is 2.51. The minimum absolute atomic E-state index is 0.180. The fourth-order valence-electron chi connectivity index (χ4n) is 4.61. The number of nitrogens with one attached hydrogen (secondary N) is 1. The fourth-order valence-corrected chi connectivity index (χ4v) is 6.98. The van der Waals surface area contributed by atoms with E-state index in [1.165, 1.54) is 31.5 Å². The van der Waals surface area contributed by atoms with E-state index in [0.717, 1.165) is 6.07 Å². The highest BCUT2D eigenvalue weighted by molar-refractivity contribution is 7.94. The second-order valence-electron chi connectivity index (χ2n) is 8.74. The van der Waals surface area contributed by atoms with Crippen molar-refractivity contribution in [3.05, 3.63) is 59.7 Å². The Balaban J connectivity index is 1.58. The maximum Gasteiger partial charge on any atom is 0.230 e. The van der Waals surface area contributed by atoms with Crippen LogP contribution in [0, 0.1) is 17.1 Å². The van der Waals surface area contributed by atoms with E-state index in [2.05, 4.69) is 20.3 Å². The first-order valence-corrected chi connectivity index (χ1v) is 12.1. The number of hydrogen-bond acceptors (Lipinski definition) is 8. The molecule has 2 atom stereocenters. The van der Waals surface area contributed by atoms with Crippen molar-refractivity contribution in [3.63, 3.8) is 0 Å². The molecule has 5 rings (SSSR count). The summed E-state index contributed by atoms with van der Waals surface area (Å²) in [6, 6.07) is 9.19. The number of pyridine rings is 2. The van der Waals surface area contributed by atoms with Gasteiger partial charge >= 0.3 is 0 Å². The number of rotatable bonds is 3. The van der Waals surface area contributed by atoms with Gasteiger partial charge in [0.1, 0.15) is 33.5 Å². The molecule has 3 N–H and O–H groups in total. The standard InChI is InChI=1S/C23H20F2N6O2S/c1-22(20(25)34(32,33)23(6-2-7-23)21(27)31-22)16-10-15(3-4-17(16)24)30-19-18-14(5-8-28-19)9-13(11-26)12-29-18/h3-5,8-10,12,20H,2,6-7H2,1H3,(H2,27,31)(H,28,30)/t20?,22-/m1/s1. The van der Waals surface area contributed by atoms with E-state index >= 15 is 4.39 Å². The number of nitriles is 1. The number of hydrogen-bond donors (Lipinski definition) is 2. The molecule has 3 aromatic rings. The zero-order chi connectivity index (χ0) is 24.3. The van der Waals surface area contributed by atoms with Gasteiger partial charge in [0, 0.05) is 29.0 Å². The second-order valence-corrected chi connectivity index (χ2v) is 11.0. The van der Waals surface area contributed by atoms with Crippen molar-refractivity contribution in [1.29, 1.82) is 5.26 Å². The predicted molar refractivity (Wildman–Crippen MR) is 123 cm³/mol. The van der Waals surface area contributed by atoms with Gasteiger partial charge in [0.2, 0.25) is 5.50 Å². The summed E-state index contributed by atoms with van der Waals surface area (Å²) in [5, 5.41) is 12.8. The lowest BCUT2D eigenvalue weighted by Crippen LogP contribution is -2.64. The molecule has 0 amide bonds. The topological polar surface area (TPSA) is 134 Å². The number of benzene rings is 1. The minimum atomic E-state index is -4.35. The molecular weight excluding hydrogens is 462 g/mol. The van der Waals surface area contributed by atoms with Crippen LogP contribution >= 0.6 is 0 Å². The van der Waals surface area contributed by atoms with Crippen LogP contribution in [-0.4, -0.2) is 34.5 Å². The fraction of sp³-hybridized carbons (Fsp3) is 0.304. The molecule has 1 aliphatic heterocycles. The van der Waals surface area contributed by atoms with Crippen molar-refractivity contribution in [1.82, 2.24) is 9.97 Å². The molecule has 174 valence electrons. The maximum atomic E-state index is 15.6. The van der Waals surface area contributed by atoms with Gasteiger partial charge in [0.15, 0.2) is 15.7 Å². The highest BCUT2D eigenvalue weighted by Gasteiger charge is 2.64. The van der Waals surface area contributed by atoms with Gasteiger partial charge in [-0.05, 0) is 56.5 Å². The summed E-state index contributed by atoms with van der Waals surface area (Å²) in [6.07, 6.45) is 3.94. The van der Waals surface area contributed by atoms with Gasteiger partial charge in [-0.2, -0.15) is 5.26 Å². The van der Waals surface area contributed by atoms with Crippen molar-refractivity contribution >= 4 is 38.1 Å². The largest absolute Gasteiger partial charge is 0.386 e. The molecule has 1 fully saturated rings. The molecule has 1 aromatic carbocycles. The molecule has 8 nitrogen and oxygen atoms in total. The highest BCUT2D eigenvalue weighted by atomic mass is 32.2. The van der Waals surface area contributed by atoms with Crippen molar-refractivity contribution < 1.29 is 17.2 Å². The number of halogens is 2. The van der Waals surface area contributed by atoms with E-state index in [4.69, 9.17) is 11.0 Å². The Morgan fingerprint density at radius 3 is 2.68 bits per heavy atom. The number of anilines is 2. The first-order valence-electron chi connectivity index (χ1n) is 10.6. The molecule has 1 unspecified atom stereocenters. The van der Waals surface area contributed by atoms with Crippen LogP contribution < -0.4 is 11.1 Å². The van der Waals surface area contributed by atoms with E-state index in [0.29, 0.717) is 34.4 Å². The number of nitrogens with zero attached hydrogens (tertiary/aromatic N) is 4. The Morgan fingerprint density at radius 2 is 2.00 bits per heavy atom. The molecular formula is C23H20F2N6O2S. The van der Waals surface area contributed by atoms with E-state index in [9.17, 15) is 12.8 Å². The Morgan fingerprint density at radius 1 is 1.24 bits per heavy atom. The lowest BCUT2D eigenvalue weighted by atomic mass is 9.82. The van der Waals surface area contributed by atoms with E-state index in [1.54, 1.807) is 12.1 Å². The lowest BCUT2D eigenvalue weighted by Gasteiger charge is -2.48. The number of aliphatic imine (C=N–C) groups is 1. The van der Waals surface area contributed by atoms with Crippen molar-refractivity contribution in [2.75, 3.05) is 5.32 Å². The van der Waals surface area contributed by atoms with E-state index in [1.807, 2.05) is 6.07 Å². The van der Waals surface area contributed by atoms with Crippen molar-refractivity contribution in [2.24, 2.45) is 10.7 Å². The Labute approximate surface area is 194 Å². The molecule has 3 heterocycles. The molecule has 1 aliphatic carbocycles. The lowest BCUT2D eigenvalue weighted by molar-refractivity contribution is 0.253. The van der Waals surface area contributed by atoms with Crippen molar-refractivity contribution in [3.8, 4) is 6.07 Å². The van der Waals surface area contributed by atoms with Gasteiger partial charge in [-0.1, -0.05) is 0 Å². The van der Waals surface area contributed by atoms with Gasteiger partial charge in [-0.15, -0.1) is 0 Å². The molecule has 2 aliphatic rings. The van der Waals surface area contributed by atoms with Gasteiger partial charge in [0.25, 0.3) is 0 Å². The molecule has 1 spiro atoms. The average molecular weight is 483 g/mol. The van der Waals surface area contributed by atoms with Crippen LogP contribution in [0.5, 0.6) is 0 Å². The number of fused-ring (bicyclic) bond motifs is 1. The van der Waals surface area contributed by atoms with Crippen molar-refractivity contribution in [2.45, 2.75) is 42.0 Å². The van der Waals surface area contributed by atoms with Crippen LogP contribution in [0.2, 0.25) is 0 Å².